The van der Waals surface area contributed by atoms with E-state index in [0.717, 1.165) is 0 Å². The summed E-state index contributed by atoms with van der Waals surface area (Å²) in [6, 6.07) is 3.70. The molecule has 1 unspecified atom stereocenters. The molecule has 0 aromatic rings. The standard InChI is InChI=1S/C16H22N2O4/c1-4-7-15(16(19)22-5-2)14(13(10-17)11-18)8-6-9-21-12-20-3/h4,15H,1,5-9,12H2,2-3H3. The summed E-state index contributed by atoms with van der Waals surface area (Å²) in [6.07, 6.45) is 2.87. The summed E-state index contributed by atoms with van der Waals surface area (Å²) >= 11 is 0. The molecule has 0 amide bonds. The summed E-state index contributed by atoms with van der Waals surface area (Å²) in [6.45, 7) is 6.15. The van der Waals surface area contributed by atoms with Crippen molar-refractivity contribution in [3.05, 3.63) is 23.8 Å². The van der Waals surface area contributed by atoms with Crippen LogP contribution in [0.15, 0.2) is 23.8 Å². The predicted octanol–water partition coefficient (Wildman–Crippen LogP) is 2.49. The van der Waals surface area contributed by atoms with E-state index in [9.17, 15) is 4.79 Å². The predicted molar refractivity (Wildman–Crippen MR) is 80.3 cm³/mol. The molecule has 0 fully saturated rings. The smallest absolute Gasteiger partial charge is 0.313 e. The van der Waals surface area contributed by atoms with Crippen LogP contribution in [0.25, 0.3) is 0 Å². The lowest BCUT2D eigenvalue weighted by Gasteiger charge is -2.18. The van der Waals surface area contributed by atoms with Crippen molar-refractivity contribution in [1.29, 1.82) is 10.5 Å². The second-order valence-electron chi connectivity index (χ2n) is 4.37. The number of allylic oxidation sites excluding steroid dienone is 2. The molecule has 0 N–H and O–H groups in total. The molecule has 0 aliphatic rings. The molecule has 0 saturated carbocycles. The Morgan fingerprint density at radius 1 is 1.36 bits per heavy atom. The maximum Gasteiger partial charge on any atom is 0.313 e. The van der Waals surface area contributed by atoms with Gasteiger partial charge in [0.15, 0.2) is 0 Å². The molecule has 0 aliphatic heterocycles. The van der Waals surface area contributed by atoms with E-state index in [0.29, 0.717) is 31.4 Å². The van der Waals surface area contributed by atoms with E-state index < -0.39 is 11.9 Å². The van der Waals surface area contributed by atoms with Gasteiger partial charge in [0.1, 0.15) is 24.5 Å². The Balaban J connectivity index is 5.15. The molecule has 0 heterocycles. The zero-order chi connectivity index (χ0) is 16.8. The molecule has 0 saturated heterocycles. The molecule has 0 spiro atoms. The van der Waals surface area contributed by atoms with Crippen LogP contribution in [-0.2, 0) is 19.0 Å². The molecule has 22 heavy (non-hydrogen) atoms. The van der Waals surface area contributed by atoms with Crippen molar-refractivity contribution in [2.24, 2.45) is 5.92 Å². The zero-order valence-electron chi connectivity index (χ0n) is 13.1. The maximum absolute atomic E-state index is 12.1. The van der Waals surface area contributed by atoms with Crippen molar-refractivity contribution in [2.75, 3.05) is 27.1 Å². The third-order valence-electron chi connectivity index (χ3n) is 2.87. The minimum Gasteiger partial charge on any atom is -0.466 e. The average Bonchev–Trinajstić information content (AvgIpc) is 2.52. The van der Waals surface area contributed by atoms with Crippen molar-refractivity contribution in [3.8, 4) is 12.1 Å². The van der Waals surface area contributed by atoms with Gasteiger partial charge < -0.3 is 14.2 Å². The molecular formula is C16H22N2O4. The first-order chi connectivity index (χ1) is 10.7. The van der Waals surface area contributed by atoms with E-state index in [4.69, 9.17) is 24.7 Å². The number of esters is 1. The van der Waals surface area contributed by atoms with Crippen LogP contribution in [0.5, 0.6) is 0 Å². The van der Waals surface area contributed by atoms with Gasteiger partial charge in [0, 0.05) is 13.7 Å². The van der Waals surface area contributed by atoms with E-state index in [1.54, 1.807) is 13.0 Å². The molecule has 6 heteroatoms. The van der Waals surface area contributed by atoms with Crippen molar-refractivity contribution in [1.82, 2.24) is 0 Å². The summed E-state index contributed by atoms with van der Waals surface area (Å²) in [5.41, 5.74) is 0.427. The lowest BCUT2D eigenvalue weighted by Crippen LogP contribution is -2.21. The largest absolute Gasteiger partial charge is 0.466 e. The fourth-order valence-corrected chi connectivity index (χ4v) is 1.94. The fraction of sp³-hybridized carbons (Fsp3) is 0.562. The summed E-state index contributed by atoms with van der Waals surface area (Å²) < 4.78 is 15.0. The first-order valence-electron chi connectivity index (χ1n) is 7.03. The monoisotopic (exact) mass is 306 g/mol. The zero-order valence-corrected chi connectivity index (χ0v) is 13.1. The molecular weight excluding hydrogens is 284 g/mol. The number of rotatable bonds is 11. The number of carbonyl (C=O) groups is 1. The Morgan fingerprint density at radius 3 is 2.55 bits per heavy atom. The quantitative estimate of drug-likeness (QED) is 0.191. The van der Waals surface area contributed by atoms with Crippen LogP contribution in [-0.4, -0.2) is 33.1 Å². The number of hydrogen-bond acceptors (Lipinski definition) is 6. The molecule has 0 aliphatic carbocycles. The minimum absolute atomic E-state index is 0.0494. The van der Waals surface area contributed by atoms with Crippen molar-refractivity contribution in [2.45, 2.75) is 26.2 Å². The Morgan fingerprint density at radius 2 is 2.05 bits per heavy atom. The number of nitriles is 2. The number of ether oxygens (including phenoxy) is 3. The van der Waals surface area contributed by atoms with Gasteiger partial charge in [-0.2, -0.15) is 10.5 Å². The minimum atomic E-state index is -0.658. The van der Waals surface area contributed by atoms with Gasteiger partial charge in [0.05, 0.1) is 12.5 Å². The number of methoxy groups -OCH3 is 1. The van der Waals surface area contributed by atoms with Crippen LogP contribution in [0.3, 0.4) is 0 Å². The van der Waals surface area contributed by atoms with Crippen LogP contribution < -0.4 is 0 Å². The SMILES string of the molecule is C=CCC(C(=O)OCC)C(CCCOCOC)=C(C#N)C#N. The Kier molecular flexibility index (Phi) is 11.4. The number of nitrogens with zero attached hydrogens (tertiary/aromatic N) is 2. The van der Waals surface area contributed by atoms with Gasteiger partial charge in [-0.1, -0.05) is 6.08 Å². The van der Waals surface area contributed by atoms with E-state index in [2.05, 4.69) is 6.58 Å². The average molecular weight is 306 g/mol. The van der Waals surface area contributed by atoms with Crippen LogP contribution in [0.4, 0.5) is 0 Å². The van der Waals surface area contributed by atoms with E-state index in [1.165, 1.54) is 7.11 Å². The highest BCUT2D eigenvalue weighted by atomic mass is 16.7. The normalized spacial score (nSPS) is 10.9. The lowest BCUT2D eigenvalue weighted by atomic mass is 9.88. The second-order valence-corrected chi connectivity index (χ2v) is 4.37. The van der Waals surface area contributed by atoms with Crippen molar-refractivity contribution >= 4 is 5.97 Å². The summed E-state index contributed by atoms with van der Waals surface area (Å²) in [7, 11) is 1.52. The number of hydrogen-bond donors (Lipinski definition) is 0. The van der Waals surface area contributed by atoms with Crippen molar-refractivity contribution < 1.29 is 19.0 Å². The van der Waals surface area contributed by atoms with Gasteiger partial charge in [0.25, 0.3) is 0 Å². The Bertz CT molecular complexity index is 456. The maximum atomic E-state index is 12.1. The fourth-order valence-electron chi connectivity index (χ4n) is 1.94. The topological polar surface area (TPSA) is 92.3 Å². The third kappa shape index (κ3) is 7.03. The third-order valence-corrected chi connectivity index (χ3v) is 2.87. The van der Waals surface area contributed by atoms with Gasteiger partial charge in [0.2, 0.25) is 0 Å². The van der Waals surface area contributed by atoms with E-state index in [-0.39, 0.29) is 19.0 Å². The summed E-state index contributed by atoms with van der Waals surface area (Å²) in [4.78, 5) is 12.1. The highest BCUT2D eigenvalue weighted by Gasteiger charge is 2.26. The molecule has 6 nitrogen and oxygen atoms in total. The highest BCUT2D eigenvalue weighted by molar-refractivity contribution is 5.77. The van der Waals surface area contributed by atoms with Gasteiger partial charge in [-0.15, -0.1) is 6.58 Å². The highest BCUT2D eigenvalue weighted by Crippen LogP contribution is 2.25. The molecule has 0 bridgehead atoms. The van der Waals surface area contributed by atoms with E-state index >= 15 is 0 Å². The molecule has 0 radical (unpaired) electrons. The summed E-state index contributed by atoms with van der Waals surface area (Å²) in [5, 5.41) is 18.2. The van der Waals surface area contributed by atoms with Crippen molar-refractivity contribution in [3.63, 3.8) is 0 Å². The molecule has 1 atom stereocenters. The van der Waals surface area contributed by atoms with Crippen LogP contribution in [0.1, 0.15) is 26.2 Å². The second kappa shape index (κ2) is 12.6. The molecule has 0 aromatic carbocycles. The lowest BCUT2D eigenvalue weighted by molar-refractivity contribution is -0.146. The Labute approximate surface area is 131 Å². The van der Waals surface area contributed by atoms with E-state index in [1.807, 2.05) is 12.1 Å². The summed E-state index contributed by atoms with van der Waals surface area (Å²) in [5.74, 6) is -1.10. The van der Waals surface area contributed by atoms with Gasteiger partial charge in [-0.05, 0) is 31.8 Å². The Hall–Kier alpha value is -2.15. The van der Waals surface area contributed by atoms with Gasteiger partial charge in [-0.25, -0.2) is 0 Å². The van der Waals surface area contributed by atoms with Gasteiger partial charge in [-0.3, -0.25) is 4.79 Å². The first kappa shape index (κ1) is 19.9. The number of carbonyl (C=O) groups excluding carboxylic acids is 1. The molecule has 120 valence electrons. The van der Waals surface area contributed by atoms with Gasteiger partial charge >= 0.3 is 5.97 Å². The van der Waals surface area contributed by atoms with Crippen LogP contribution >= 0.6 is 0 Å². The van der Waals surface area contributed by atoms with Crippen LogP contribution in [0.2, 0.25) is 0 Å². The molecule has 0 rings (SSSR count). The van der Waals surface area contributed by atoms with Crippen LogP contribution in [0, 0.1) is 28.6 Å². The first-order valence-corrected chi connectivity index (χ1v) is 7.03. The molecule has 0 aromatic heterocycles.